The molecule has 15 heavy (non-hydrogen) atoms. The molecule has 0 N–H and O–H groups in total. The Morgan fingerprint density at radius 3 is 2.47 bits per heavy atom. The molecule has 0 aliphatic rings. The minimum Gasteiger partial charge on any atom is -0.341 e. The van der Waals surface area contributed by atoms with E-state index in [0.29, 0.717) is 0 Å². The van der Waals surface area contributed by atoms with Crippen molar-refractivity contribution in [2.75, 3.05) is 0 Å². The van der Waals surface area contributed by atoms with Crippen LogP contribution in [0.5, 0.6) is 0 Å². The van der Waals surface area contributed by atoms with Crippen LogP contribution < -0.4 is 0 Å². The first-order valence-electron chi connectivity index (χ1n) is 5.08. The normalized spacial score (nSPS) is 10.9. The van der Waals surface area contributed by atoms with Gasteiger partial charge in [0.2, 0.25) is 0 Å². The van der Waals surface area contributed by atoms with Gasteiger partial charge in [0.05, 0.1) is 5.69 Å². The summed E-state index contributed by atoms with van der Waals surface area (Å²) >= 11 is 0. The third kappa shape index (κ3) is 1.46. The molecule has 2 rings (SSSR count). The number of Topliss-reactive ketones (excluding diaryl/α,β-unsaturated/α-hetero) is 1. The van der Waals surface area contributed by atoms with Crippen LogP contribution in [0.4, 0.5) is 0 Å². The molecule has 78 valence electrons. The molecule has 1 heterocycles. The lowest BCUT2D eigenvalue weighted by molar-refractivity contribution is 0.101. The van der Waals surface area contributed by atoms with E-state index in [4.69, 9.17) is 0 Å². The Hall–Kier alpha value is -1.57. The highest BCUT2D eigenvalue weighted by Gasteiger charge is 2.10. The lowest BCUT2D eigenvalue weighted by atomic mass is 10.1. The zero-order valence-corrected chi connectivity index (χ0v) is 9.59. The molecule has 0 atom stereocenters. The molecule has 0 spiro atoms. The van der Waals surface area contributed by atoms with Crippen molar-refractivity contribution in [3.05, 3.63) is 35.0 Å². The van der Waals surface area contributed by atoms with Crippen LogP contribution in [0, 0.1) is 13.8 Å². The third-order valence-electron chi connectivity index (χ3n) is 2.87. The standard InChI is InChI=1S/C13H15NO/c1-8-5-9(2)11-7-12(10(3)15)14(4)13(11)6-8/h5-7H,1-4H3. The Morgan fingerprint density at radius 2 is 1.87 bits per heavy atom. The van der Waals surface area contributed by atoms with Crippen molar-refractivity contribution >= 4 is 16.7 Å². The quantitative estimate of drug-likeness (QED) is 0.650. The van der Waals surface area contributed by atoms with Gasteiger partial charge in [0, 0.05) is 24.9 Å². The van der Waals surface area contributed by atoms with Gasteiger partial charge < -0.3 is 4.57 Å². The average molecular weight is 201 g/mol. The highest BCUT2D eigenvalue weighted by Crippen LogP contribution is 2.24. The second-order valence-corrected chi connectivity index (χ2v) is 4.16. The molecule has 2 heteroatoms. The van der Waals surface area contributed by atoms with Gasteiger partial charge in [0.25, 0.3) is 0 Å². The van der Waals surface area contributed by atoms with Crippen LogP contribution in [0.3, 0.4) is 0 Å². The molecule has 0 bridgehead atoms. The molecule has 0 radical (unpaired) electrons. The van der Waals surface area contributed by atoms with Crippen LogP contribution in [0.15, 0.2) is 18.2 Å². The zero-order valence-electron chi connectivity index (χ0n) is 9.59. The van der Waals surface area contributed by atoms with E-state index >= 15 is 0 Å². The second kappa shape index (κ2) is 3.23. The first-order valence-corrected chi connectivity index (χ1v) is 5.08. The number of carbonyl (C=O) groups is 1. The van der Waals surface area contributed by atoms with Crippen LogP contribution in [0.25, 0.3) is 10.9 Å². The van der Waals surface area contributed by atoms with Gasteiger partial charge in [-0.15, -0.1) is 0 Å². The molecule has 1 aromatic carbocycles. The van der Waals surface area contributed by atoms with Crippen LogP contribution in [-0.4, -0.2) is 10.4 Å². The number of nitrogens with zero attached hydrogens (tertiary/aromatic N) is 1. The Bertz CT molecular complexity index is 549. The maximum atomic E-state index is 11.4. The SMILES string of the molecule is CC(=O)c1cc2c(C)cc(C)cc2n1C. The number of aromatic nitrogens is 1. The van der Waals surface area contributed by atoms with Crippen molar-refractivity contribution < 1.29 is 4.79 Å². The Kier molecular flexibility index (Phi) is 2.14. The van der Waals surface area contributed by atoms with E-state index in [1.807, 2.05) is 17.7 Å². The first-order chi connectivity index (χ1) is 7.00. The molecule has 0 amide bonds. The summed E-state index contributed by atoms with van der Waals surface area (Å²) in [5, 5.41) is 1.17. The smallest absolute Gasteiger partial charge is 0.176 e. The van der Waals surface area contributed by atoms with Crippen molar-refractivity contribution in [1.82, 2.24) is 4.57 Å². The zero-order chi connectivity index (χ0) is 11.2. The number of carbonyl (C=O) groups excluding carboxylic acids is 1. The van der Waals surface area contributed by atoms with E-state index in [-0.39, 0.29) is 5.78 Å². The number of benzene rings is 1. The second-order valence-electron chi connectivity index (χ2n) is 4.16. The van der Waals surface area contributed by atoms with Gasteiger partial charge in [-0.25, -0.2) is 0 Å². The highest BCUT2D eigenvalue weighted by atomic mass is 16.1. The fourth-order valence-corrected chi connectivity index (χ4v) is 2.12. The number of rotatable bonds is 1. The number of aryl methyl sites for hydroxylation is 3. The van der Waals surface area contributed by atoms with E-state index in [1.165, 1.54) is 16.5 Å². The van der Waals surface area contributed by atoms with Gasteiger partial charge in [0.15, 0.2) is 5.78 Å². The Labute approximate surface area is 89.5 Å². The monoisotopic (exact) mass is 201 g/mol. The minimum atomic E-state index is 0.116. The molecular formula is C13H15NO. The van der Waals surface area contributed by atoms with E-state index in [9.17, 15) is 4.79 Å². The third-order valence-corrected chi connectivity index (χ3v) is 2.87. The summed E-state index contributed by atoms with van der Waals surface area (Å²) in [6.07, 6.45) is 0. The summed E-state index contributed by atoms with van der Waals surface area (Å²) in [5.74, 6) is 0.116. The predicted octanol–water partition coefficient (Wildman–Crippen LogP) is 3.00. The lowest BCUT2D eigenvalue weighted by Crippen LogP contribution is -2.00. The molecule has 0 aliphatic carbocycles. The number of hydrogen-bond donors (Lipinski definition) is 0. The first kappa shape index (κ1) is 9.97. The molecule has 0 unspecified atom stereocenters. The highest BCUT2D eigenvalue weighted by molar-refractivity contribution is 5.99. The molecule has 0 fully saturated rings. The Morgan fingerprint density at radius 1 is 1.20 bits per heavy atom. The van der Waals surface area contributed by atoms with Crippen molar-refractivity contribution in [2.24, 2.45) is 7.05 Å². The molecule has 1 aromatic heterocycles. The van der Waals surface area contributed by atoms with Crippen LogP contribution >= 0.6 is 0 Å². The van der Waals surface area contributed by atoms with E-state index in [1.54, 1.807) is 6.92 Å². The van der Waals surface area contributed by atoms with Gasteiger partial charge in [-0.2, -0.15) is 0 Å². The van der Waals surface area contributed by atoms with Gasteiger partial charge in [-0.3, -0.25) is 4.79 Å². The van der Waals surface area contributed by atoms with Crippen LogP contribution in [-0.2, 0) is 7.05 Å². The molecule has 2 aromatic rings. The number of fused-ring (bicyclic) bond motifs is 1. The topological polar surface area (TPSA) is 22.0 Å². The summed E-state index contributed by atoms with van der Waals surface area (Å²) in [6.45, 7) is 5.77. The van der Waals surface area contributed by atoms with E-state index < -0.39 is 0 Å². The summed E-state index contributed by atoms with van der Waals surface area (Å²) in [7, 11) is 1.94. The number of hydrogen-bond acceptors (Lipinski definition) is 1. The van der Waals surface area contributed by atoms with Crippen molar-refractivity contribution in [3.63, 3.8) is 0 Å². The number of ketones is 1. The largest absolute Gasteiger partial charge is 0.341 e. The fraction of sp³-hybridized carbons (Fsp3) is 0.308. The maximum Gasteiger partial charge on any atom is 0.176 e. The summed E-state index contributed by atoms with van der Waals surface area (Å²) in [4.78, 5) is 11.4. The molecule has 0 aliphatic heterocycles. The van der Waals surface area contributed by atoms with Crippen LogP contribution in [0.1, 0.15) is 28.5 Å². The van der Waals surface area contributed by atoms with Gasteiger partial charge in [-0.05, 0) is 37.1 Å². The van der Waals surface area contributed by atoms with Gasteiger partial charge in [-0.1, -0.05) is 6.07 Å². The summed E-state index contributed by atoms with van der Waals surface area (Å²) in [6, 6.07) is 6.24. The molecule has 2 nitrogen and oxygen atoms in total. The van der Waals surface area contributed by atoms with Crippen molar-refractivity contribution in [3.8, 4) is 0 Å². The maximum absolute atomic E-state index is 11.4. The van der Waals surface area contributed by atoms with Gasteiger partial charge >= 0.3 is 0 Å². The molecule has 0 saturated heterocycles. The lowest BCUT2D eigenvalue weighted by Gasteiger charge is -2.02. The average Bonchev–Trinajstić information content (AvgIpc) is 2.44. The molecule has 0 saturated carbocycles. The van der Waals surface area contributed by atoms with Gasteiger partial charge in [0.1, 0.15) is 0 Å². The van der Waals surface area contributed by atoms with Crippen LogP contribution in [0.2, 0.25) is 0 Å². The van der Waals surface area contributed by atoms with Crippen molar-refractivity contribution in [2.45, 2.75) is 20.8 Å². The fourth-order valence-electron chi connectivity index (χ4n) is 2.12. The predicted molar refractivity (Wildman–Crippen MR) is 62.4 cm³/mol. The van der Waals surface area contributed by atoms with E-state index in [2.05, 4.69) is 26.0 Å². The van der Waals surface area contributed by atoms with E-state index in [0.717, 1.165) is 11.2 Å². The van der Waals surface area contributed by atoms with Crippen molar-refractivity contribution in [1.29, 1.82) is 0 Å². The molecular weight excluding hydrogens is 186 g/mol. The summed E-state index contributed by atoms with van der Waals surface area (Å²) in [5.41, 5.74) is 4.38. The Balaban J connectivity index is 2.88. The summed E-state index contributed by atoms with van der Waals surface area (Å²) < 4.78 is 1.97. The minimum absolute atomic E-state index is 0.116.